The molecule has 0 saturated carbocycles. The summed E-state index contributed by atoms with van der Waals surface area (Å²) in [5, 5.41) is 0. The number of aliphatic imine (C=N–C) groups is 1. The summed E-state index contributed by atoms with van der Waals surface area (Å²) in [6.07, 6.45) is 7.24. The highest BCUT2D eigenvalue weighted by Gasteiger charge is 2.06. The standard InChI is InChI=1S/C11H12N3/c12-11(8-14-7-6-13-9-14)10-4-2-1-3-5-10/h1-9,11H,12H2/q+1. The third-order valence-corrected chi connectivity index (χ3v) is 2.04. The quantitative estimate of drug-likeness (QED) is 0.694. The molecule has 0 fully saturated rings. The summed E-state index contributed by atoms with van der Waals surface area (Å²) in [6.45, 7) is 0. The molecule has 1 heterocycles. The van der Waals surface area contributed by atoms with Crippen molar-refractivity contribution in [2.24, 2.45) is 10.7 Å². The predicted octanol–water partition coefficient (Wildman–Crippen LogP) is 1.28. The monoisotopic (exact) mass is 186 g/mol. The van der Waals surface area contributed by atoms with Gasteiger partial charge in [0.1, 0.15) is 6.20 Å². The molecule has 2 rings (SSSR count). The third-order valence-electron chi connectivity index (χ3n) is 2.04. The van der Waals surface area contributed by atoms with Crippen molar-refractivity contribution in [1.82, 2.24) is 0 Å². The Morgan fingerprint density at radius 3 is 2.71 bits per heavy atom. The highest BCUT2D eigenvalue weighted by Crippen LogP contribution is 2.06. The van der Waals surface area contributed by atoms with Gasteiger partial charge in [0.05, 0.1) is 12.3 Å². The fourth-order valence-corrected chi connectivity index (χ4v) is 1.30. The summed E-state index contributed by atoms with van der Waals surface area (Å²) in [7, 11) is 0. The normalized spacial score (nSPS) is 19.1. The molecule has 0 bridgehead atoms. The molecule has 1 aromatic rings. The molecule has 1 atom stereocenters. The van der Waals surface area contributed by atoms with E-state index in [0.717, 1.165) is 5.56 Å². The SMILES string of the molecule is NC(C=[N+]1C=CN=C1)c1ccccc1. The second kappa shape index (κ2) is 3.98. The molecular formula is C11H12N3+. The van der Waals surface area contributed by atoms with Crippen molar-refractivity contribution in [3.05, 3.63) is 48.3 Å². The zero-order valence-electron chi connectivity index (χ0n) is 7.75. The molecule has 0 aromatic heterocycles. The van der Waals surface area contributed by atoms with Crippen LogP contribution in [0, 0.1) is 0 Å². The van der Waals surface area contributed by atoms with E-state index in [4.69, 9.17) is 5.73 Å². The fourth-order valence-electron chi connectivity index (χ4n) is 1.30. The summed E-state index contributed by atoms with van der Waals surface area (Å²) in [4.78, 5) is 3.95. The molecule has 1 aliphatic rings. The van der Waals surface area contributed by atoms with Crippen molar-refractivity contribution >= 4 is 12.6 Å². The van der Waals surface area contributed by atoms with Gasteiger partial charge in [0.15, 0.2) is 6.20 Å². The molecule has 0 spiro atoms. The third kappa shape index (κ3) is 1.95. The molecule has 3 nitrogen and oxygen atoms in total. The maximum atomic E-state index is 5.98. The second-order valence-electron chi connectivity index (χ2n) is 3.10. The van der Waals surface area contributed by atoms with Crippen molar-refractivity contribution in [2.75, 3.05) is 0 Å². The molecule has 0 saturated heterocycles. The molecule has 14 heavy (non-hydrogen) atoms. The van der Waals surface area contributed by atoms with Crippen LogP contribution in [0.4, 0.5) is 0 Å². The van der Waals surface area contributed by atoms with Crippen molar-refractivity contribution < 1.29 is 4.58 Å². The van der Waals surface area contributed by atoms with Crippen LogP contribution in [0.25, 0.3) is 0 Å². The van der Waals surface area contributed by atoms with E-state index in [2.05, 4.69) is 4.99 Å². The highest BCUT2D eigenvalue weighted by molar-refractivity contribution is 5.68. The van der Waals surface area contributed by atoms with Gasteiger partial charge in [0.2, 0.25) is 0 Å². The smallest absolute Gasteiger partial charge is 0.290 e. The van der Waals surface area contributed by atoms with Crippen molar-refractivity contribution in [2.45, 2.75) is 6.04 Å². The van der Waals surface area contributed by atoms with Gasteiger partial charge in [-0.3, -0.25) is 0 Å². The lowest BCUT2D eigenvalue weighted by Crippen LogP contribution is -2.17. The number of hydrogen-bond donors (Lipinski definition) is 1. The van der Waals surface area contributed by atoms with Gasteiger partial charge in [0, 0.05) is 0 Å². The molecule has 3 heteroatoms. The molecular weight excluding hydrogens is 174 g/mol. The van der Waals surface area contributed by atoms with Crippen LogP contribution in [0.1, 0.15) is 11.6 Å². The van der Waals surface area contributed by atoms with Gasteiger partial charge >= 0.3 is 0 Å². The molecule has 0 radical (unpaired) electrons. The van der Waals surface area contributed by atoms with Gasteiger partial charge in [0.25, 0.3) is 6.34 Å². The van der Waals surface area contributed by atoms with Gasteiger partial charge in [-0.25, -0.2) is 4.58 Å². The second-order valence-corrected chi connectivity index (χ2v) is 3.10. The molecule has 1 aromatic carbocycles. The summed E-state index contributed by atoms with van der Waals surface area (Å²) in [5.41, 5.74) is 7.08. The van der Waals surface area contributed by atoms with Crippen LogP contribution < -0.4 is 5.73 Å². The molecule has 70 valence electrons. The minimum atomic E-state index is -0.0922. The minimum absolute atomic E-state index is 0.0922. The lowest BCUT2D eigenvalue weighted by molar-refractivity contribution is -0.305. The van der Waals surface area contributed by atoms with Crippen LogP contribution in [0.5, 0.6) is 0 Å². The summed E-state index contributed by atoms with van der Waals surface area (Å²) < 4.78 is 1.86. The fraction of sp³-hybridized carbons (Fsp3) is 0.0909. The van der Waals surface area contributed by atoms with Gasteiger partial charge in [-0.05, 0) is 5.56 Å². The van der Waals surface area contributed by atoms with E-state index in [0.29, 0.717) is 0 Å². The van der Waals surface area contributed by atoms with E-state index in [1.54, 1.807) is 12.5 Å². The Balaban J connectivity index is 2.17. The van der Waals surface area contributed by atoms with Crippen LogP contribution in [0.15, 0.2) is 47.7 Å². The van der Waals surface area contributed by atoms with E-state index < -0.39 is 0 Å². The first-order valence-electron chi connectivity index (χ1n) is 4.49. The van der Waals surface area contributed by atoms with Crippen LogP contribution in [-0.4, -0.2) is 17.1 Å². The van der Waals surface area contributed by atoms with E-state index in [-0.39, 0.29) is 6.04 Å². The first-order chi connectivity index (χ1) is 6.86. The minimum Gasteiger partial charge on any atom is -0.318 e. The first-order valence-corrected chi connectivity index (χ1v) is 4.49. The Hall–Kier alpha value is -1.74. The van der Waals surface area contributed by atoms with Crippen LogP contribution >= 0.6 is 0 Å². The highest BCUT2D eigenvalue weighted by atomic mass is 15.1. The van der Waals surface area contributed by atoms with E-state index in [9.17, 15) is 0 Å². The zero-order valence-corrected chi connectivity index (χ0v) is 7.75. The average Bonchev–Trinajstić information content (AvgIpc) is 2.72. The molecule has 2 N–H and O–H groups in total. The number of benzene rings is 1. The average molecular weight is 186 g/mol. The maximum Gasteiger partial charge on any atom is 0.290 e. The summed E-state index contributed by atoms with van der Waals surface area (Å²) >= 11 is 0. The molecule has 0 aliphatic carbocycles. The van der Waals surface area contributed by atoms with Gasteiger partial charge in [-0.2, -0.15) is 0 Å². The van der Waals surface area contributed by atoms with E-state index >= 15 is 0 Å². The summed E-state index contributed by atoms with van der Waals surface area (Å²) in [5.74, 6) is 0. The summed E-state index contributed by atoms with van der Waals surface area (Å²) in [6, 6.07) is 9.88. The van der Waals surface area contributed by atoms with Gasteiger partial charge < -0.3 is 5.73 Å². The number of hydrogen-bond acceptors (Lipinski definition) is 2. The Morgan fingerprint density at radius 1 is 1.29 bits per heavy atom. The van der Waals surface area contributed by atoms with Crippen molar-refractivity contribution in [1.29, 1.82) is 0 Å². The van der Waals surface area contributed by atoms with Gasteiger partial charge in [-0.1, -0.05) is 35.3 Å². The van der Waals surface area contributed by atoms with Crippen molar-refractivity contribution in [3.8, 4) is 0 Å². The Bertz CT molecular complexity index is 376. The Labute approximate surface area is 82.9 Å². The number of nitrogens with zero attached hydrogens (tertiary/aromatic N) is 2. The predicted molar refractivity (Wildman–Crippen MR) is 57.3 cm³/mol. The van der Waals surface area contributed by atoms with Crippen LogP contribution in [-0.2, 0) is 0 Å². The lowest BCUT2D eigenvalue weighted by Gasteiger charge is -2.04. The molecule has 0 amide bonds. The maximum absolute atomic E-state index is 5.98. The Kier molecular flexibility index (Phi) is 2.51. The van der Waals surface area contributed by atoms with Crippen molar-refractivity contribution in [3.63, 3.8) is 0 Å². The lowest BCUT2D eigenvalue weighted by atomic mass is 10.1. The zero-order chi connectivity index (χ0) is 9.80. The number of nitrogens with two attached hydrogens (primary N) is 1. The number of rotatable bonds is 2. The first kappa shape index (κ1) is 8.84. The Morgan fingerprint density at radius 2 is 2.07 bits per heavy atom. The van der Waals surface area contributed by atoms with Crippen LogP contribution in [0.3, 0.4) is 0 Å². The molecule has 1 aliphatic heterocycles. The molecule has 1 unspecified atom stereocenters. The van der Waals surface area contributed by atoms with E-state index in [1.807, 2.05) is 47.3 Å². The van der Waals surface area contributed by atoms with Crippen LogP contribution in [0.2, 0.25) is 0 Å². The largest absolute Gasteiger partial charge is 0.318 e. The topological polar surface area (TPSA) is 41.4 Å². The van der Waals surface area contributed by atoms with Gasteiger partial charge in [-0.15, -0.1) is 0 Å². The van der Waals surface area contributed by atoms with E-state index in [1.165, 1.54) is 0 Å².